The largest absolute Gasteiger partial charge is 0.447 e. The number of anilines is 2. The summed E-state index contributed by atoms with van der Waals surface area (Å²) in [5, 5.41) is 6.75. The minimum atomic E-state index is -0.342. The minimum absolute atomic E-state index is 0.0741. The van der Waals surface area contributed by atoms with Gasteiger partial charge in [0.15, 0.2) is 0 Å². The Labute approximate surface area is 163 Å². The Morgan fingerprint density at radius 1 is 1.37 bits per heavy atom. The van der Waals surface area contributed by atoms with Gasteiger partial charge in [0.25, 0.3) is 0 Å². The SMILES string of the molecule is C[C@H](Nc1cc(N2CCOC2=O)ccn1)C1CC2CC(Cl)CCC2NC1=O. The molecule has 4 rings (SSSR count). The summed E-state index contributed by atoms with van der Waals surface area (Å²) in [6, 6.07) is 3.79. The average molecular weight is 393 g/mol. The van der Waals surface area contributed by atoms with Crippen molar-refractivity contribution in [3.8, 4) is 0 Å². The fourth-order valence-electron chi connectivity index (χ4n) is 4.44. The van der Waals surface area contributed by atoms with Crippen LogP contribution in [0.3, 0.4) is 0 Å². The molecule has 27 heavy (non-hydrogen) atoms. The number of pyridine rings is 1. The summed E-state index contributed by atoms with van der Waals surface area (Å²) in [5.41, 5.74) is 0.743. The molecule has 8 heteroatoms. The number of nitrogens with zero attached hydrogens (tertiary/aromatic N) is 2. The Kier molecular flexibility index (Phi) is 5.12. The summed E-state index contributed by atoms with van der Waals surface area (Å²) >= 11 is 6.34. The summed E-state index contributed by atoms with van der Waals surface area (Å²) in [7, 11) is 0. The number of piperidine rings is 1. The van der Waals surface area contributed by atoms with Crippen LogP contribution in [0.1, 0.15) is 32.6 Å². The lowest BCUT2D eigenvalue weighted by molar-refractivity contribution is -0.130. The number of alkyl halides is 1. The number of hydrogen-bond acceptors (Lipinski definition) is 5. The number of amides is 2. The number of hydrogen-bond donors (Lipinski definition) is 2. The molecule has 7 nitrogen and oxygen atoms in total. The van der Waals surface area contributed by atoms with E-state index in [1.54, 1.807) is 17.2 Å². The lowest BCUT2D eigenvalue weighted by atomic mass is 9.74. The maximum absolute atomic E-state index is 12.6. The molecule has 0 radical (unpaired) electrons. The monoisotopic (exact) mass is 392 g/mol. The van der Waals surface area contributed by atoms with Crippen LogP contribution in [0.15, 0.2) is 18.3 Å². The molecule has 2 N–H and O–H groups in total. The molecular formula is C19H25ClN4O3. The van der Waals surface area contributed by atoms with Gasteiger partial charge in [0.05, 0.1) is 18.2 Å². The molecule has 2 amide bonds. The third-order valence-corrected chi connectivity index (χ3v) is 6.33. The van der Waals surface area contributed by atoms with E-state index in [2.05, 4.69) is 15.6 Å². The number of cyclic esters (lactones) is 1. The van der Waals surface area contributed by atoms with Crippen molar-refractivity contribution in [2.75, 3.05) is 23.4 Å². The van der Waals surface area contributed by atoms with Crippen molar-refractivity contribution in [1.29, 1.82) is 0 Å². The van der Waals surface area contributed by atoms with Gasteiger partial charge in [0, 0.05) is 29.7 Å². The average Bonchev–Trinajstić information content (AvgIpc) is 3.07. The van der Waals surface area contributed by atoms with Crippen LogP contribution in [0.2, 0.25) is 0 Å². The van der Waals surface area contributed by atoms with E-state index in [0.29, 0.717) is 24.9 Å². The van der Waals surface area contributed by atoms with E-state index >= 15 is 0 Å². The summed E-state index contributed by atoms with van der Waals surface area (Å²) in [6.45, 7) is 2.93. The van der Waals surface area contributed by atoms with Crippen molar-refractivity contribution in [2.24, 2.45) is 11.8 Å². The third kappa shape index (κ3) is 3.83. The zero-order valence-corrected chi connectivity index (χ0v) is 16.1. The van der Waals surface area contributed by atoms with E-state index in [-0.39, 0.29) is 35.4 Å². The number of carbonyl (C=O) groups excluding carboxylic acids is 2. The topological polar surface area (TPSA) is 83.6 Å². The van der Waals surface area contributed by atoms with Crippen LogP contribution in [-0.2, 0) is 9.53 Å². The van der Waals surface area contributed by atoms with Gasteiger partial charge in [-0.1, -0.05) is 0 Å². The number of rotatable bonds is 4. The molecule has 0 spiro atoms. The Bertz CT molecular complexity index is 731. The molecule has 0 bridgehead atoms. The molecule has 0 aromatic carbocycles. The van der Waals surface area contributed by atoms with Crippen molar-refractivity contribution < 1.29 is 14.3 Å². The molecule has 3 heterocycles. The molecule has 2 aliphatic heterocycles. The van der Waals surface area contributed by atoms with Gasteiger partial charge in [-0.05, 0) is 44.6 Å². The van der Waals surface area contributed by atoms with Crippen molar-refractivity contribution in [2.45, 2.75) is 50.1 Å². The van der Waals surface area contributed by atoms with Crippen molar-refractivity contribution in [3.05, 3.63) is 18.3 Å². The van der Waals surface area contributed by atoms with Crippen molar-refractivity contribution in [1.82, 2.24) is 10.3 Å². The highest BCUT2D eigenvalue weighted by atomic mass is 35.5. The van der Waals surface area contributed by atoms with Gasteiger partial charge in [-0.3, -0.25) is 9.69 Å². The molecule has 146 valence electrons. The van der Waals surface area contributed by atoms with Crippen LogP contribution in [-0.4, -0.2) is 47.6 Å². The van der Waals surface area contributed by atoms with Crippen molar-refractivity contribution >= 4 is 35.1 Å². The molecule has 1 aromatic heterocycles. The van der Waals surface area contributed by atoms with Gasteiger partial charge in [0.2, 0.25) is 5.91 Å². The van der Waals surface area contributed by atoms with Crippen molar-refractivity contribution in [3.63, 3.8) is 0 Å². The maximum atomic E-state index is 12.6. The highest BCUT2D eigenvalue weighted by Crippen LogP contribution is 2.37. The van der Waals surface area contributed by atoms with E-state index < -0.39 is 0 Å². The molecule has 2 saturated heterocycles. The first-order chi connectivity index (χ1) is 13.0. The first-order valence-corrected chi connectivity index (χ1v) is 10.1. The predicted octanol–water partition coefficient (Wildman–Crippen LogP) is 2.75. The first kappa shape index (κ1) is 18.3. The maximum Gasteiger partial charge on any atom is 0.414 e. The lowest BCUT2D eigenvalue weighted by Gasteiger charge is -2.42. The summed E-state index contributed by atoms with van der Waals surface area (Å²) in [6.07, 6.45) is 5.05. The quantitative estimate of drug-likeness (QED) is 0.770. The van der Waals surface area contributed by atoms with Gasteiger partial charge in [-0.2, -0.15) is 0 Å². The van der Waals surface area contributed by atoms with Crippen LogP contribution < -0.4 is 15.5 Å². The third-order valence-electron chi connectivity index (χ3n) is 5.93. The molecule has 3 aliphatic rings. The van der Waals surface area contributed by atoms with Crippen LogP contribution in [0, 0.1) is 11.8 Å². The lowest BCUT2D eigenvalue weighted by Crippen LogP contribution is -2.55. The van der Waals surface area contributed by atoms with E-state index in [0.717, 1.165) is 31.4 Å². The normalized spacial score (nSPS) is 31.7. The highest BCUT2D eigenvalue weighted by molar-refractivity contribution is 6.20. The van der Waals surface area contributed by atoms with E-state index in [9.17, 15) is 9.59 Å². The number of halogens is 1. The van der Waals surface area contributed by atoms with Gasteiger partial charge in [-0.25, -0.2) is 9.78 Å². The molecule has 1 saturated carbocycles. The Morgan fingerprint density at radius 2 is 2.22 bits per heavy atom. The number of nitrogens with one attached hydrogen (secondary N) is 2. The number of fused-ring (bicyclic) bond motifs is 1. The minimum Gasteiger partial charge on any atom is -0.447 e. The van der Waals surface area contributed by atoms with E-state index in [1.165, 1.54) is 0 Å². The number of aromatic nitrogens is 1. The molecule has 4 unspecified atom stereocenters. The molecule has 1 aromatic rings. The Morgan fingerprint density at radius 3 is 3.00 bits per heavy atom. The molecule has 3 fully saturated rings. The second-order valence-corrected chi connectivity index (χ2v) is 8.34. The standard InChI is InChI=1S/C19H25ClN4O3/c1-11(15-9-12-8-13(20)2-3-16(12)23-18(15)25)22-17-10-14(4-5-21-17)24-6-7-27-19(24)26/h4-5,10-13,15-16H,2-3,6-9H2,1H3,(H,21,22)(H,23,25)/t11-,12?,13?,15?,16?/m0/s1. The predicted molar refractivity (Wildman–Crippen MR) is 103 cm³/mol. The molecular weight excluding hydrogens is 368 g/mol. The van der Waals surface area contributed by atoms with Crippen LogP contribution in [0.25, 0.3) is 0 Å². The van der Waals surface area contributed by atoms with Gasteiger partial charge < -0.3 is 15.4 Å². The zero-order chi connectivity index (χ0) is 19.0. The summed E-state index contributed by atoms with van der Waals surface area (Å²) < 4.78 is 4.99. The molecule has 1 aliphatic carbocycles. The zero-order valence-electron chi connectivity index (χ0n) is 15.4. The van der Waals surface area contributed by atoms with Gasteiger partial charge >= 0.3 is 6.09 Å². The molecule has 5 atom stereocenters. The summed E-state index contributed by atoms with van der Waals surface area (Å²) in [4.78, 5) is 30.3. The van der Waals surface area contributed by atoms with Crippen LogP contribution >= 0.6 is 11.6 Å². The fourth-order valence-corrected chi connectivity index (χ4v) is 4.79. The number of ether oxygens (including phenoxy) is 1. The Hall–Kier alpha value is -2.02. The second-order valence-electron chi connectivity index (χ2n) is 7.73. The van der Waals surface area contributed by atoms with E-state index in [1.807, 2.05) is 13.0 Å². The Balaban J connectivity index is 1.43. The number of carbonyl (C=O) groups is 2. The van der Waals surface area contributed by atoms with Gasteiger partial charge in [0.1, 0.15) is 12.4 Å². The van der Waals surface area contributed by atoms with Crippen LogP contribution in [0.5, 0.6) is 0 Å². The second kappa shape index (κ2) is 7.54. The van der Waals surface area contributed by atoms with Crippen LogP contribution in [0.4, 0.5) is 16.3 Å². The van der Waals surface area contributed by atoms with Gasteiger partial charge in [-0.15, -0.1) is 11.6 Å². The summed E-state index contributed by atoms with van der Waals surface area (Å²) in [5.74, 6) is 1.05. The smallest absolute Gasteiger partial charge is 0.414 e. The first-order valence-electron chi connectivity index (χ1n) is 9.62. The highest BCUT2D eigenvalue weighted by Gasteiger charge is 2.41. The van der Waals surface area contributed by atoms with E-state index in [4.69, 9.17) is 16.3 Å². The fraction of sp³-hybridized carbons (Fsp3) is 0.632.